The van der Waals surface area contributed by atoms with Gasteiger partial charge in [-0.2, -0.15) is 0 Å². The van der Waals surface area contributed by atoms with Crippen molar-refractivity contribution >= 4 is 22.9 Å². The van der Waals surface area contributed by atoms with Crippen molar-refractivity contribution in [2.45, 2.75) is 13.0 Å². The number of thiocarbonyl (C=S) groups is 1. The molecule has 0 aromatic heterocycles. The second-order valence-corrected chi connectivity index (χ2v) is 5.61. The molecule has 0 saturated heterocycles. The highest BCUT2D eigenvalue weighted by atomic mass is 32.1. The Morgan fingerprint density at radius 3 is 2.38 bits per heavy atom. The van der Waals surface area contributed by atoms with Gasteiger partial charge in [0.1, 0.15) is 4.99 Å². The van der Waals surface area contributed by atoms with Crippen molar-refractivity contribution < 1.29 is 5.11 Å². The van der Waals surface area contributed by atoms with E-state index in [1.54, 1.807) is 0 Å². The van der Waals surface area contributed by atoms with E-state index >= 15 is 0 Å². The van der Waals surface area contributed by atoms with Crippen LogP contribution in [-0.2, 0) is 0 Å². The molecule has 4 heteroatoms. The van der Waals surface area contributed by atoms with E-state index in [4.69, 9.17) is 18.0 Å². The number of rotatable bonds is 5. The molecule has 3 nitrogen and oxygen atoms in total. The first-order valence-corrected chi connectivity index (χ1v) is 7.24. The number of aliphatic hydroxyl groups excluding tert-OH is 1. The molecule has 1 atom stereocenters. The van der Waals surface area contributed by atoms with Gasteiger partial charge in [-0.1, -0.05) is 54.7 Å². The van der Waals surface area contributed by atoms with E-state index < -0.39 is 6.10 Å². The molecular formula is C17H20N2OS. The predicted octanol–water partition coefficient (Wildman–Crippen LogP) is 2.80. The smallest absolute Gasteiger partial charge is 0.103 e. The number of nitrogens with two attached hydrogens (primary N) is 1. The number of likely N-dealkylation sites (N-methyl/N-ethyl adjacent to an activating group) is 1. The molecule has 0 radical (unpaired) electrons. The van der Waals surface area contributed by atoms with Gasteiger partial charge in [0.15, 0.2) is 0 Å². The summed E-state index contributed by atoms with van der Waals surface area (Å²) in [4.78, 5) is 2.43. The molecule has 2 rings (SSSR count). The number of nitrogens with zero attached hydrogens (tertiary/aromatic N) is 1. The summed E-state index contributed by atoms with van der Waals surface area (Å²) < 4.78 is 0. The first kappa shape index (κ1) is 15.5. The zero-order valence-electron chi connectivity index (χ0n) is 12.3. The Morgan fingerprint density at radius 1 is 1.19 bits per heavy atom. The van der Waals surface area contributed by atoms with Gasteiger partial charge in [-0.25, -0.2) is 0 Å². The summed E-state index contributed by atoms with van der Waals surface area (Å²) in [6.07, 6.45) is -0.560. The van der Waals surface area contributed by atoms with E-state index in [1.165, 1.54) is 5.56 Å². The zero-order chi connectivity index (χ0) is 15.4. The van der Waals surface area contributed by atoms with E-state index in [2.05, 4.69) is 24.0 Å². The van der Waals surface area contributed by atoms with Gasteiger partial charge in [0.2, 0.25) is 0 Å². The van der Waals surface area contributed by atoms with Crippen molar-refractivity contribution in [2.24, 2.45) is 5.73 Å². The third-order valence-electron chi connectivity index (χ3n) is 3.55. The predicted molar refractivity (Wildman–Crippen MR) is 91.7 cm³/mol. The molecule has 0 saturated carbocycles. The van der Waals surface area contributed by atoms with E-state index in [-0.39, 0.29) is 0 Å². The molecule has 0 heterocycles. The first-order valence-electron chi connectivity index (χ1n) is 6.83. The highest BCUT2D eigenvalue weighted by Gasteiger charge is 2.12. The van der Waals surface area contributed by atoms with E-state index in [9.17, 15) is 5.11 Å². The lowest BCUT2D eigenvalue weighted by molar-refractivity contribution is 0.185. The quantitative estimate of drug-likeness (QED) is 0.834. The Labute approximate surface area is 131 Å². The Kier molecular flexibility index (Phi) is 4.94. The third kappa shape index (κ3) is 3.80. The van der Waals surface area contributed by atoms with Crippen LogP contribution in [0, 0.1) is 6.92 Å². The van der Waals surface area contributed by atoms with Gasteiger partial charge in [0.05, 0.1) is 6.10 Å². The Morgan fingerprint density at radius 2 is 1.81 bits per heavy atom. The Hall–Kier alpha value is -1.91. The molecule has 2 aromatic carbocycles. The minimum Gasteiger partial charge on any atom is -0.389 e. The van der Waals surface area contributed by atoms with Crippen LogP contribution in [0.15, 0.2) is 48.5 Å². The number of para-hydroxylation sites is 1. The largest absolute Gasteiger partial charge is 0.389 e. The summed E-state index contributed by atoms with van der Waals surface area (Å²) in [5.41, 5.74) is 9.56. The summed E-state index contributed by atoms with van der Waals surface area (Å²) in [7, 11) is 1.98. The van der Waals surface area contributed by atoms with Crippen molar-refractivity contribution in [3.63, 3.8) is 0 Å². The van der Waals surface area contributed by atoms with Crippen LogP contribution in [0.3, 0.4) is 0 Å². The molecule has 0 amide bonds. The SMILES string of the molecule is Cc1ccccc1N(C)CC(O)c1ccc(C(N)=S)cc1. The van der Waals surface area contributed by atoms with Crippen LogP contribution in [0.25, 0.3) is 0 Å². The van der Waals surface area contributed by atoms with Gasteiger partial charge in [-0.15, -0.1) is 0 Å². The van der Waals surface area contributed by atoms with Gasteiger partial charge in [0.25, 0.3) is 0 Å². The number of anilines is 1. The van der Waals surface area contributed by atoms with Crippen LogP contribution >= 0.6 is 12.2 Å². The van der Waals surface area contributed by atoms with Gasteiger partial charge in [-0.05, 0) is 24.1 Å². The molecule has 0 aliphatic carbocycles. The van der Waals surface area contributed by atoms with Crippen LogP contribution in [0.4, 0.5) is 5.69 Å². The lowest BCUT2D eigenvalue weighted by atomic mass is 10.1. The molecule has 3 N–H and O–H groups in total. The van der Waals surface area contributed by atoms with Crippen LogP contribution in [-0.4, -0.2) is 23.7 Å². The summed E-state index contributed by atoms with van der Waals surface area (Å²) in [5.74, 6) is 0. The van der Waals surface area contributed by atoms with Gasteiger partial charge >= 0.3 is 0 Å². The molecule has 0 aliphatic rings. The Balaban J connectivity index is 2.09. The summed E-state index contributed by atoms with van der Waals surface area (Å²) in [5, 5.41) is 10.4. The maximum Gasteiger partial charge on any atom is 0.103 e. The number of aliphatic hydroxyl groups is 1. The van der Waals surface area contributed by atoms with E-state index in [1.807, 2.05) is 43.4 Å². The summed E-state index contributed by atoms with van der Waals surface area (Å²) in [6, 6.07) is 15.5. The first-order chi connectivity index (χ1) is 9.99. The number of hydrogen-bond donors (Lipinski definition) is 2. The van der Waals surface area contributed by atoms with Crippen LogP contribution < -0.4 is 10.6 Å². The van der Waals surface area contributed by atoms with Gasteiger partial charge in [0, 0.05) is 24.8 Å². The minimum atomic E-state index is -0.560. The van der Waals surface area contributed by atoms with E-state index in [0.29, 0.717) is 11.5 Å². The lowest BCUT2D eigenvalue weighted by Gasteiger charge is -2.24. The lowest BCUT2D eigenvalue weighted by Crippen LogP contribution is -2.24. The molecule has 0 spiro atoms. The van der Waals surface area contributed by atoms with Crippen molar-refractivity contribution in [1.29, 1.82) is 0 Å². The normalized spacial score (nSPS) is 12.0. The Bertz CT molecular complexity index is 625. The highest BCUT2D eigenvalue weighted by molar-refractivity contribution is 7.80. The molecule has 0 aliphatic heterocycles. The maximum atomic E-state index is 10.4. The fourth-order valence-corrected chi connectivity index (χ4v) is 2.46. The fraction of sp³-hybridized carbons (Fsp3) is 0.235. The van der Waals surface area contributed by atoms with Gasteiger partial charge < -0.3 is 15.7 Å². The average molecular weight is 300 g/mol. The average Bonchev–Trinajstić information content (AvgIpc) is 2.47. The fourth-order valence-electron chi connectivity index (χ4n) is 2.32. The summed E-state index contributed by atoms with van der Waals surface area (Å²) >= 11 is 4.93. The monoisotopic (exact) mass is 300 g/mol. The van der Waals surface area contributed by atoms with Crippen LogP contribution in [0.1, 0.15) is 22.8 Å². The van der Waals surface area contributed by atoms with E-state index in [0.717, 1.165) is 16.8 Å². The number of benzene rings is 2. The summed E-state index contributed by atoms with van der Waals surface area (Å²) in [6.45, 7) is 2.59. The molecule has 21 heavy (non-hydrogen) atoms. The second kappa shape index (κ2) is 6.70. The third-order valence-corrected chi connectivity index (χ3v) is 3.79. The maximum absolute atomic E-state index is 10.4. The molecule has 2 aromatic rings. The minimum absolute atomic E-state index is 0.369. The van der Waals surface area contributed by atoms with Gasteiger partial charge in [-0.3, -0.25) is 0 Å². The van der Waals surface area contributed by atoms with Crippen LogP contribution in [0.5, 0.6) is 0 Å². The van der Waals surface area contributed by atoms with Crippen molar-refractivity contribution in [2.75, 3.05) is 18.5 Å². The van der Waals surface area contributed by atoms with Crippen molar-refractivity contribution in [1.82, 2.24) is 0 Å². The van der Waals surface area contributed by atoms with Crippen LogP contribution in [0.2, 0.25) is 0 Å². The topological polar surface area (TPSA) is 49.5 Å². The zero-order valence-corrected chi connectivity index (χ0v) is 13.1. The van der Waals surface area contributed by atoms with Crippen molar-refractivity contribution in [3.8, 4) is 0 Å². The molecule has 110 valence electrons. The highest BCUT2D eigenvalue weighted by Crippen LogP contribution is 2.21. The molecule has 0 bridgehead atoms. The van der Waals surface area contributed by atoms with Crippen molar-refractivity contribution in [3.05, 3.63) is 65.2 Å². The standard InChI is InChI=1S/C17H20N2OS/c1-12-5-3-4-6-15(12)19(2)11-16(20)13-7-9-14(10-8-13)17(18)21/h3-10,16,20H,11H2,1-2H3,(H2,18,21). The number of hydrogen-bond acceptors (Lipinski definition) is 3. The number of aryl methyl sites for hydroxylation is 1. The molecule has 0 fully saturated rings. The second-order valence-electron chi connectivity index (χ2n) is 5.17. The molecular weight excluding hydrogens is 280 g/mol. The molecule has 1 unspecified atom stereocenters.